The molecule has 494 valence electrons. The summed E-state index contributed by atoms with van der Waals surface area (Å²) in [5.74, 6) is -4.13. The third-order valence-electron chi connectivity index (χ3n) is 14.9. The van der Waals surface area contributed by atoms with Gasteiger partial charge in [-0.05, 0) is 48.9 Å². The molecule has 8 atom stereocenters. The number of hydrogen-bond donors (Lipinski definition) is 14. The van der Waals surface area contributed by atoms with Crippen molar-refractivity contribution in [2.75, 3.05) is 40.3 Å². The van der Waals surface area contributed by atoms with Gasteiger partial charge in [-0.2, -0.15) is 0 Å². The summed E-state index contributed by atoms with van der Waals surface area (Å²) in [5.41, 5.74) is -7.74. The molecule has 1 unspecified atom stereocenters. The van der Waals surface area contributed by atoms with Gasteiger partial charge in [0.1, 0.15) is 22.2 Å². The SMILES string of the molecule is CC(C)(C)[C@]1(C(=O)O)CSC(=O)N1.CC(C)C[C@]1(C(=O)O)CSC(=O)N1.CC(C)[C@]1(C(=O)O)CSC(=O)N1.CCC(C)[C@]1(C(=O)O)CSC(=O)N1.CCCC[C@]1(C(=O)O)CSC(=O)N1.CCC[C@]1(C(=O)O)CSC(=O)N1.CC[C@]1(C(=O)O)CSC(=O)N1. The summed E-state index contributed by atoms with van der Waals surface area (Å²) in [6.45, 7) is 22.3. The summed E-state index contributed by atoms with van der Waals surface area (Å²) in [5, 5.41) is 78.6. The fraction of sp³-hybridized carbons (Fsp3) is 0.731. The lowest BCUT2D eigenvalue weighted by atomic mass is 9.75. The minimum atomic E-state index is -1.12. The predicted octanol–water partition coefficient (Wildman–Crippen LogP) is 8.06. The van der Waals surface area contributed by atoms with Crippen LogP contribution in [0, 0.1) is 23.2 Å². The number of rotatable bonds is 18. The third-order valence-corrected chi connectivity index (χ3v) is 21.8. The smallest absolute Gasteiger partial charge is 0.330 e. The Morgan fingerprint density at radius 3 is 0.954 bits per heavy atom. The number of thioether (sulfide) groups is 7. The van der Waals surface area contributed by atoms with Gasteiger partial charge in [0.15, 0.2) is 16.6 Å². The molecule has 7 amide bonds. The Hall–Kier alpha value is -4.97. The first-order valence-corrected chi connectivity index (χ1v) is 34.3. The molecule has 7 aliphatic heterocycles. The Kier molecular flexibility index (Phi) is 31.5. The Morgan fingerprint density at radius 1 is 0.414 bits per heavy atom. The quantitative estimate of drug-likeness (QED) is 0.0616. The molecule has 0 aromatic rings. The number of aliphatic carboxylic acids is 7. The monoisotopic (exact) mass is 1370 g/mol. The van der Waals surface area contributed by atoms with Gasteiger partial charge >= 0.3 is 41.8 Å². The second-order valence-electron chi connectivity index (χ2n) is 22.7. The molecule has 0 bridgehead atoms. The van der Waals surface area contributed by atoms with E-state index in [1.807, 2.05) is 62.3 Å². The van der Waals surface area contributed by atoms with Crippen molar-refractivity contribution >= 4 is 161 Å². The van der Waals surface area contributed by atoms with Crippen molar-refractivity contribution < 1.29 is 103 Å². The number of carbonyl (C=O) groups is 14. The second kappa shape index (κ2) is 34.3. The number of carboxylic acid groups (broad SMARTS) is 7. The van der Waals surface area contributed by atoms with Gasteiger partial charge in [0.25, 0.3) is 36.7 Å². The van der Waals surface area contributed by atoms with Crippen molar-refractivity contribution in [3.05, 3.63) is 0 Å². The summed E-state index contributed by atoms with van der Waals surface area (Å²) >= 11 is 7.27. The molecule has 0 spiro atoms. The molecule has 7 aliphatic rings. The lowest BCUT2D eigenvalue weighted by Crippen LogP contribution is -2.59. The lowest BCUT2D eigenvalue weighted by molar-refractivity contribution is -0.148. The molecule has 7 heterocycles. The fourth-order valence-electron chi connectivity index (χ4n) is 8.65. The van der Waals surface area contributed by atoms with E-state index in [0.717, 1.165) is 108 Å². The molecule has 0 aliphatic carbocycles. The largest absolute Gasteiger partial charge is 0.479 e. The van der Waals surface area contributed by atoms with E-state index >= 15 is 0 Å². The number of hydrogen-bond acceptors (Lipinski definition) is 21. The van der Waals surface area contributed by atoms with Crippen LogP contribution in [0.2, 0.25) is 0 Å². The minimum Gasteiger partial charge on any atom is -0.479 e. The van der Waals surface area contributed by atoms with E-state index in [1.165, 1.54) is 0 Å². The highest BCUT2D eigenvalue weighted by atomic mass is 32.2. The van der Waals surface area contributed by atoms with Crippen molar-refractivity contribution in [2.24, 2.45) is 23.2 Å². The average molecular weight is 1370 g/mol. The van der Waals surface area contributed by atoms with Crippen LogP contribution in [0.5, 0.6) is 0 Å². The van der Waals surface area contributed by atoms with E-state index in [1.54, 1.807) is 20.8 Å². The molecule has 0 saturated carbocycles. The highest BCUT2D eigenvalue weighted by molar-refractivity contribution is 8.15. The Morgan fingerprint density at radius 2 is 0.747 bits per heavy atom. The number of amides is 7. The molecule has 7 rings (SSSR count). The topological polar surface area (TPSA) is 465 Å². The normalized spacial score (nSPS) is 28.7. The maximum atomic E-state index is 11.1. The van der Waals surface area contributed by atoms with Gasteiger partial charge in [-0.15, -0.1) is 0 Å². The molecule has 0 radical (unpaired) electrons. The van der Waals surface area contributed by atoms with Crippen molar-refractivity contribution in [1.82, 2.24) is 37.2 Å². The number of carboxylic acids is 7. The summed E-state index contributed by atoms with van der Waals surface area (Å²) in [7, 11) is 0. The molecule has 87 heavy (non-hydrogen) atoms. The van der Waals surface area contributed by atoms with Crippen molar-refractivity contribution in [3.63, 3.8) is 0 Å². The van der Waals surface area contributed by atoms with Gasteiger partial charge in [0.05, 0.1) is 0 Å². The van der Waals surface area contributed by atoms with Crippen LogP contribution in [0.15, 0.2) is 0 Å². The summed E-state index contributed by atoms with van der Waals surface area (Å²) < 4.78 is 0. The molecule has 7 saturated heterocycles. The molecular formula is C52H83N7O21S7. The molecule has 14 N–H and O–H groups in total. The van der Waals surface area contributed by atoms with Crippen LogP contribution in [-0.4, -0.2) is 193 Å². The number of nitrogens with one attached hydrogen (secondary N) is 7. The molecular weight excluding hydrogens is 1280 g/mol. The Balaban J connectivity index is 0.000000508. The number of unbranched alkanes of at least 4 members (excludes halogenated alkanes) is 1. The average Bonchev–Trinajstić information content (AvgIpc) is 2.04. The van der Waals surface area contributed by atoms with Gasteiger partial charge < -0.3 is 73.0 Å². The highest BCUT2D eigenvalue weighted by Gasteiger charge is 2.55. The van der Waals surface area contributed by atoms with Gasteiger partial charge in [-0.3, -0.25) is 33.6 Å². The highest BCUT2D eigenvalue weighted by Crippen LogP contribution is 2.39. The summed E-state index contributed by atoms with van der Waals surface area (Å²) in [4.78, 5) is 153. The van der Waals surface area contributed by atoms with Crippen molar-refractivity contribution in [2.45, 2.75) is 173 Å². The third kappa shape index (κ3) is 21.3. The van der Waals surface area contributed by atoms with Gasteiger partial charge in [0, 0.05) is 40.3 Å². The minimum absolute atomic E-state index is 0.0380. The van der Waals surface area contributed by atoms with Crippen LogP contribution in [0.1, 0.15) is 134 Å². The first-order valence-electron chi connectivity index (χ1n) is 27.4. The molecule has 7 fully saturated rings. The van der Waals surface area contributed by atoms with Crippen LogP contribution >= 0.6 is 82.3 Å². The first-order chi connectivity index (χ1) is 40.1. The Labute approximate surface area is 534 Å². The lowest BCUT2D eigenvalue weighted by Gasteiger charge is -2.36. The number of carbonyl (C=O) groups excluding carboxylic acids is 7. The van der Waals surface area contributed by atoms with Crippen LogP contribution in [0.3, 0.4) is 0 Å². The zero-order valence-corrected chi connectivity index (χ0v) is 56.3. The van der Waals surface area contributed by atoms with Gasteiger partial charge in [0.2, 0.25) is 0 Å². The molecule has 0 aromatic heterocycles. The van der Waals surface area contributed by atoms with Crippen LogP contribution in [0.4, 0.5) is 33.6 Å². The Bertz CT molecular complexity index is 2580. The molecule has 28 nitrogen and oxygen atoms in total. The summed E-state index contributed by atoms with van der Waals surface area (Å²) in [6, 6.07) is 0. The van der Waals surface area contributed by atoms with E-state index in [-0.39, 0.29) is 54.4 Å². The van der Waals surface area contributed by atoms with E-state index in [4.69, 9.17) is 35.7 Å². The van der Waals surface area contributed by atoms with Gasteiger partial charge in [-0.1, -0.05) is 191 Å². The maximum absolute atomic E-state index is 11.1. The van der Waals surface area contributed by atoms with E-state index in [2.05, 4.69) is 37.2 Å². The van der Waals surface area contributed by atoms with Crippen molar-refractivity contribution in [3.8, 4) is 0 Å². The van der Waals surface area contributed by atoms with Crippen LogP contribution in [0.25, 0.3) is 0 Å². The summed E-state index contributed by atoms with van der Waals surface area (Å²) in [6.07, 6.45) is 5.21. The first kappa shape index (κ1) is 80.0. The molecule has 0 aromatic carbocycles. The van der Waals surface area contributed by atoms with E-state index in [0.29, 0.717) is 66.0 Å². The maximum Gasteiger partial charge on any atom is 0.330 e. The van der Waals surface area contributed by atoms with E-state index < -0.39 is 86.0 Å². The zero-order valence-electron chi connectivity index (χ0n) is 50.5. The van der Waals surface area contributed by atoms with Gasteiger partial charge in [-0.25, -0.2) is 33.6 Å². The van der Waals surface area contributed by atoms with Crippen LogP contribution in [-0.2, 0) is 33.6 Å². The molecule has 35 heteroatoms. The zero-order chi connectivity index (χ0) is 67.3. The second-order valence-corrected chi connectivity index (χ2v) is 29.4. The van der Waals surface area contributed by atoms with Crippen LogP contribution < -0.4 is 37.2 Å². The standard InChI is InChI=1S/4C8H13NO3S.2C7H11NO3S.C6H9NO3S/c1-7(2,3)8(5(10)11)4-13-6(12)9-8;1-5(2)3-8(6(10)11)4-13-7(12)9-8;1-3-5(2)8(6(10)11)4-13-7(12)9-8;1-2-3-4-8(6(10)11)5-13-7(12)9-8;1-4(2)7(5(9)10)3-12-6(11)8-7;1-2-3-7(5(9)10)4-12-6(11)8-7;1-2-6(4(8)9)3-11-5(10)7-6/h4H2,1-3H3,(H,9,12)(H,10,11);2*5H,3-4H2,1-2H3,(H,9,12)(H,10,11);2-5H2,1H3,(H,9,12)(H,10,11);4H,3H2,1-2H3,(H,8,11)(H,9,10);2-4H2,1H3,(H,8,11)(H,9,10);2-3H2,1H3,(H,7,10)(H,8,9)/t2*8-;5?,8-;8-;2*7-;6-/m1101011/s1. The fourth-order valence-corrected chi connectivity index (χ4v) is 16.1. The predicted molar refractivity (Wildman–Crippen MR) is 337 cm³/mol. The van der Waals surface area contributed by atoms with Crippen molar-refractivity contribution in [1.29, 1.82) is 0 Å². The van der Waals surface area contributed by atoms with E-state index in [9.17, 15) is 67.1 Å².